The van der Waals surface area contributed by atoms with Gasteiger partial charge in [-0.1, -0.05) is 42.5 Å². The van der Waals surface area contributed by atoms with Gasteiger partial charge in [-0.25, -0.2) is 13.2 Å². The van der Waals surface area contributed by atoms with E-state index in [1.54, 1.807) is 27.7 Å². The lowest BCUT2D eigenvalue weighted by Gasteiger charge is -2.31. The van der Waals surface area contributed by atoms with Crippen LogP contribution in [0.15, 0.2) is 59.5 Å². The second-order valence-corrected chi connectivity index (χ2v) is 9.66. The van der Waals surface area contributed by atoms with Gasteiger partial charge in [0.15, 0.2) is 4.90 Å². The summed E-state index contributed by atoms with van der Waals surface area (Å²) in [7, 11) is -4.53. The number of hydrogen-bond donors (Lipinski definition) is 0. The first-order valence-corrected chi connectivity index (χ1v) is 10.9. The molecular weight excluding hydrogens is 408 g/mol. The number of ether oxygens (including phenoxy) is 1. The molecule has 0 fully saturated rings. The van der Waals surface area contributed by atoms with Crippen LogP contribution >= 0.6 is 0 Å². The van der Waals surface area contributed by atoms with Crippen LogP contribution in [0, 0.1) is 10.1 Å². The highest BCUT2D eigenvalue weighted by Crippen LogP contribution is 2.29. The monoisotopic (exact) mass is 434 g/mol. The zero-order valence-corrected chi connectivity index (χ0v) is 18.3. The van der Waals surface area contributed by atoms with Gasteiger partial charge in [0.05, 0.1) is 4.92 Å². The average Bonchev–Trinajstić information content (AvgIpc) is 2.65. The van der Waals surface area contributed by atoms with Crippen LogP contribution in [0.2, 0.25) is 0 Å². The minimum Gasteiger partial charge on any atom is -0.443 e. The van der Waals surface area contributed by atoms with Gasteiger partial charge in [0.2, 0.25) is 0 Å². The Morgan fingerprint density at radius 1 is 1.10 bits per heavy atom. The zero-order chi connectivity index (χ0) is 22.5. The van der Waals surface area contributed by atoms with Crippen molar-refractivity contribution in [3.63, 3.8) is 0 Å². The molecule has 1 amide bonds. The van der Waals surface area contributed by atoms with Crippen molar-refractivity contribution in [3.8, 4) is 0 Å². The quantitative estimate of drug-likeness (QED) is 0.468. The maximum atomic E-state index is 13.4. The van der Waals surface area contributed by atoms with E-state index in [9.17, 15) is 23.3 Å². The summed E-state index contributed by atoms with van der Waals surface area (Å²) in [5, 5.41) is 11.4. The van der Waals surface area contributed by atoms with Gasteiger partial charge in [-0.2, -0.15) is 4.31 Å². The second kappa shape index (κ2) is 9.25. The fourth-order valence-corrected chi connectivity index (χ4v) is 4.57. The van der Waals surface area contributed by atoms with Gasteiger partial charge in [-0.15, -0.1) is 0 Å². The van der Waals surface area contributed by atoms with Crippen LogP contribution in [0.25, 0.3) is 0 Å². The first kappa shape index (κ1) is 23.3. The number of nitrogens with zero attached hydrogens (tertiary/aromatic N) is 2. The SMILES string of the molecule is C[C@@H](CCc1ccccc1)N(C(=O)OC(C)(C)C)S(=O)(=O)c1ccccc1[N+](=O)[O-]. The Morgan fingerprint density at radius 3 is 2.23 bits per heavy atom. The lowest BCUT2D eigenvalue weighted by molar-refractivity contribution is -0.387. The molecule has 0 bridgehead atoms. The average molecular weight is 435 g/mol. The Morgan fingerprint density at radius 2 is 1.67 bits per heavy atom. The largest absolute Gasteiger partial charge is 0.443 e. The molecular formula is C21H26N2O6S. The highest BCUT2D eigenvalue weighted by molar-refractivity contribution is 7.89. The Hall–Kier alpha value is -2.94. The molecule has 0 N–H and O–H groups in total. The Bertz CT molecular complexity index is 1000. The molecule has 0 aromatic heterocycles. The van der Waals surface area contributed by atoms with Gasteiger partial charge < -0.3 is 4.74 Å². The maximum absolute atomic E-state index is 13.4. The van der Waals surface area contributed by atoms with E-state index in [0.717, 1.165) is 17.7 Å². The summed E-state index contributed by atoms with van der Waals surface area (Å²) >= 11 is 0. The van der Waals surface area contributed by atoms with E-state index in [0.29, 0.717) is 17.1 Å². The standard InChI is InChI=1S/C21H26N2O6S/c1-16(14-15-17-10-6-5-7-11-17)22(20(24)29-21(2,3)4)30(27,28)19-13-9-8-12-18(19)23(25)26/h5-13,16H,14-15H2,1-4H3/t16-/m0/s1. The molecule has 0 aliphatic heterocycles. The van der Waals surface area contributed by atoms with Crippen LogP contribution in [0.4, 0.5) is 10.5 Å². The highest BCUT2D eigenvalue weighted by Gasteiger charge is 2.40. The lowest BCUT2D eigenvalue weighted by Crippen LogP contribution is -2.46. The summed E-state index contributed by atoms with van der Waals surface area (Å²) < 4.78 is 32.7. The molecule has 30 heavy (non-hydrogen) atoms. The van der Waals surface area contributed by atoms with Crippen LogP contribution < -0.4 is 0 Å². The minimum atomic E-state index is -4.53. The van der Waals surface area contributed by atoms with Gasteiger partial charge in [0.1, 0.15) is 5.60 Å². The first-order valence-electron chi connectivity index (χ1n) is 9.48. The van der Waals surface area contributed by atoms with Crippen LogP contribution in [0.3, 0.4) is 0 Å². The molecule has 9 heteroatoms. The molecule has 1 atom stereocenters. The van der Waals surface area contributed by atoms with Crippen molar-refractivity contribution < 1.29 is 22.9 Å². The molecule has 8 nitrogen and oxygen atoms in total. The molecule has 0 aliphatic rings. The fraction of sp³-hybridized carbons (Fsp3) is 0.381. The summed E-state index contributed by atoms with van der Waals surface area (Å²) in [6, 6.07) is 13.6. The molecule has 162 valence electrons. The van der Waals surface area contributed by atoms with Gasteiger partial charge in [0, 0.05) is 12.1 Å². The molecule has 0 saturated carbocycles. The number of nitro groups is 1. The lowest BCUT2D eigenvalue weighted by atomic mass is 10.1. The number of nitro benzene ring substituents is 1. The third-order valence-electron chi connectivity index (χ3n) is 4.27. The van der Waals surface area contributed by atoms with Crippen molar-refractivity contribution in [3.05, 3.63) is 70.3 Å². The van der Waals surface area contributed by atoms with Crippen molar-refractivity contribution in [1.29, 1.82) is 0 Å². The number of benzene rings is 2. The summed E-state index contributed by atoms with van der Waals surface area (Å²) in [4.78, 5) is 22.9. The third kappa shape index (κ3) is 5.79. The molecule has 0 spiro atoms. The molecule has 0 heterocycles. The number of aryl methyl sites for hydroxylation is 1. The molecule has 0 aliphatic carbocycles. The number of sulfonamides is 1. The van der Waals surface area contributed by atoms with E-state index >= 15 is 0 Å². The van der Waals surface area contributed by atoms with E-state index in [-0.39, 0.29) is 0 Å². The highest BCUT2D eigenvalue weighted by atomic mass is 32.2. The molecule has 2 rings (SSSR count). The molecule has 0 saturated heterocycles. The van der Waals surface area contributed by atoms with Gasteiger partial charge in [-0.3, -0.25) is 10.1 Å². The Kier molecular flexibility index (Phi) is 7.20. The van der Waals surface area contributed by atoms with Gasteiger partial charge in [0.25, 0.3) is 15.7 Å². The summed E-state index contributed by atoms with van der Waals surface area (Å²) in [5.74, 6) is 0. The van der Waals surface area contributed by atoms with E-state index in [4.69, 9.17) is 4.74 Å². The normalized spacial score (nSPS) is 12.8. The topological polar surface area (TPSA) is 107 Å². The predicted molar refractivity (Wildman–Crippen MR) is 113 cm³/mol. The second-order valence-electron chi connectivity index (χ2n) is 7.88. The van der Waals surface area contributed by atoms with Crippen molar-refractivity contribution in [2.24, 2.45) is 0 Å². The molecule has 0 radical (unpaired) electrons. The summed E-state index contributed by atoms with van der Waals surface area (Å²) in [6.07, 6.45) is -0.224. The van der Waals surface area contributed by atoms with Crippen molar-refractivity contribution in [2.45, 2.75) is 57.1 Å². The van der Waals surface area contributed by atoms with Gasteiger partial charge >= 0.3 is 6.09 Å². The zero-order valence-electron chi connectivity index (χ0n) is 17.4. The minimum absolute atomic E-state index is 0.323. The molecule has 2 aromatic rings. The smallest absolute Gasteiger partial charge is 0.424 e. The van der Waals surface area contributed by atoms with Crippen LogP contribution in [0.5, 0.6) is 0 Å². The molecule has 0 unspecified atom stereocenters. The number of carbonyl (C=O) groups is 1. The van der Waals surface area contributed by atoms with Crippen molar-refractivity contribution in [1.82, 2.24) is 4.31 Å². The summed E-state index contributed by atoms with van der Waals surface area (Å²) in [6.45, 7) is 6.44. The van der Waals surface area contributed by atoms with Crippen LogP contribution in [0.1, 0.15) is 39.7 Å². The third-order valence-corrected chi connectivity index (χ3v) is 6.19. The van der Waals surface area contributed by atoms with E-state index in [2.05, 4.69) is 0 Å². The van der Waals surface area contributed by atoms with Gasteiger partial charge in [-0.05, 0) is 52.2 Å². The van der Waals surface area contributed by atoms with Crippen LogP contribution in [-0.4, -0.2) is 35.4 Å². The number of carbonyl (C=O) groups excluding carboxylic acids is 1. The maximum Gasteiger partial charge on any atom is 0.424 e. The Balaban J connectivity index is 2.44. The fourth-order valence-electron chi connectivity index (χ4n) is 2.89. The number of rotatable bonds is 7. The Labute approximate surface area is 176 Å². The van der Waals surface area contributed by atoms with E-state index in [1.165, 1.54) is 12.1 Å². The predicted octanol–water partition coefficient (Wildman–Crippen LogP) is 4.54. The van der Waals surface area contributed by atoms with E-state index in [1.807, 2.05) is 30.3 Å². The van der Waals surface area contributed by atoms with Crippen LogP contribution in [-0.2, 0) is 21.2 Å². The number of hydrogen-bond acceptors (Lipinski definition) is 6. The van der Waals surface area contributed by atoms with Crippen molar-refractivity contribution in [2.75, 3.05) is 0 Å². The first-order chi connectivity index (χ1) is 13.9. The van der Waals surface area contributed by atoms with E-state index < -0.39 is 43.3 Å². The number of para-hydroxylation sites is 1. The van der Waals surface area contributed by atoms with Crippen molar-refractivity contribution >= 4 is 21.8 Å². The molecule has 2 aromatic carbocycles. The summed E-state index contributed by atoms with van der Waals surface area (Å²) in [5.41, 5.74) is -0.551. The number of amides is 1.